The first-order valence-electron chi connectivity index (χ1n) is 10.7. The van der Waals surface area contributed by atoms with Gasteiger partial charge in [-0.1, -0.05) is 12.1 Å². The molecule has 4 heterocycles. The highest BCUT2D eigenvalue weighted by Gasteiger charge is 2.36. The second-order valence-corrected chi connectivity index (χ2v) is 8.73. The monoisotopic (exact) mass is 431 g/mol. The predicted molar refractivity (Wildman–Crippen MR) is 121 cm³/mol. The first-order chi connectivity index (χ1) is 15.4. The van der Waals surface area contributed by atoms with Gasteiger partial charge >= 0.3 is 0 Å². The number of carbonyl (C=O) groups is 1. The van der Waals surface area contributed by atoms with E-state index in [9.17, 15) is 10.1 Å². The van der Waals surface area contributed by atoms with E-state index >= 15 is 0 Å². The molecule has 0 radical (unpaired) electrons. The van der Waals surface area contributed by atoms with Crippen LogP contribution >= 0.6 is 0 Å². The van der Waals surface area contributed by atoms with Crippen molar-refractivity contribution in [2.45, 2.75) is 25.4 Å². The van der Waals surface area contributed by atoms with Crippen LogP contribution in [0, 0.1) is 11.3 Å². The molecule has 1 aromatic carbocycles. The number of nitrogens with zero attached hydrogens (tertiary/aromatic N) is 5. The first-order valence-corrected chi connectivity index (χ1v) is 10.7. The summed E-state index contributed by atoms with van der Waals surface area (Å²) in [6, 6.07) is 10.3. The molecule has 164 valence electrons. The number of aromatic amines is 1. The fourth-order valence-corrected chi connectivity index (χ4v) is 4.39. The molecule has 0 saturated carbocycles. The Kier molecular flexibility index (Phi) is 4.94. The van der Waals surface area contributed by atoms with Gasteiger partial charge in [0.2, 0.25) is 5.91 Å². The number of amides is 1. The Balaban J connectivity index is 1.52. The number of benzene rings is 1. The number of carbonyl (C=O) groups excluding carboxylic acids is 1. The lowest BCUT2D eigenvalue weighted by molar-refractivity contribution is -0.120. The summed E-state index contributed by atoms with van der Waals surface area (Å²) in [5, 5.41) is 13.1. The number of nitrogens with one attached hydrogen (secondary N) is 2. The van der Waals surface area contributed by atoms with E-state index in [2.05, 4.69) is 26.3 Å². The minimum Gasteiger partial charge on any atom is -0.377 e. The van der Waals surface area contributed by atoms with E-state index in [-0.39, 0.29) is 18.5 Å². The van der Waals surface area contributed by atoms with E-state index < -0.39 is 5.54 Å². The van der Waals surface area contributed by atoms with Crippen molar-refractivity contribution < 1.29 is 9.53 Å². The molecule has 2 N–H and O–H groups in total. The van der Waals surface area contributed by atoms with Crippen LogP contribution in [0.25, 0.3) is 22.3 Å². The van der Waals surface area contributed by atoms with Gasteiger partial charge in [0.25, 0.3) is 0 Å². The Morgan fingerprint density at radius 3 is 3.12 bits per heavy atom. The average Bonchev–Trinajstić information content (AvgIpc) is 3.27. The summed E-state index contributed by atoms with van der Waals surface area (Å²) in [5.41, 5.74) is 1.89. The van der Waals surface area contributed by atoms with Crippen molar-refractivity contribution in [1.82, 2.24) is 20.3 Å². The van der Waals surface area contributed by atoms with Gasteiger partial charge in [0.15, 0.2) is 11.6 Å². The van der Waals surface area contributed by atoms with Gasteiger partial charge in [0.05, 0.1) is 43.8 Å². The van der Waals surface area contributed by atoms with Crippen LogP contribution in [-0.2, 0) is 9.53 Å². The van der Waals surface area contributed by atoms with E-state index in [0.29, 0.717) is 25.6 Å². The van der Waals surface area contributed by atoms with E-state index in [0.717, 1.165) is 34.5 Å². The first kappa shape index (κ1) is 20.3. The number of anilines is 2. The molecule has 0 unspecified atom stereocenters. The zero-order chi connectivity index (χ0) is 22.3. The molecular formula is C23H25N7O2. The van der Waals surface area contributed by atoms with Crippen LogP contribution in [0.15, 0.2) is 36.7 Å². The standard InChI is InChI=1S/C23H25N7O2/c1-23(2,14-24)28-20(31)12-29-11-15-13-32-9-8-30(15)22-19(29)10-26-21(27-22)17-4-3-5-18-16(17)6-7-25-18/h3-7,10,15,25H,8-9,11-13H2,1-2H3,(H,28,31)/t15-/m1/s1. The predicted octanol–water partition coefficient (Wildman–Crippen LogP) is 2.07. The molecule has 32 heavy (non-hydrogen) atoms. The average molecular weight is 432 g/mol. The Labute approximate surface area is 186 Å². The second kappa shape index (κ2) is 7.80. The number of fused-ring (bicyclic) bond motifs is 4. The van der Waals surface area contributed by atoms with Gasteiger partial charge in [0.1, 0.15) is 5.54 Å². The van der Waals surface area contributed by atoms with Gasteiger partial charge < -0.3 is 24.8 Å². The van der Waals surface area contributed by atoms with Gasteiger partial charge in [-0.15, -0.1) is 0 Å². The summed E-state index contributed by atoms with van der Waals surface area (Å²) in [6.07, 6.45) is 3.71. The van der Waals surface area contributed by atoms with Crippen molar-refractivity contribution in [3.63, 3.8) is 0 Å². The highest BCUT2D eigenvalue weighted by molar-refractivity contribution is 5.94. The second-order valence-electron chi connectivity index (χ2n) is 8.73. The fraction of sp³-hybridized carbons (Fsp3) is 0.391. The van der Waals surface area contributed by atoms with Crippen LogP contribution in [0.4, 0.5) is 11.5 Å². The van der Waals surface area contributed by atoms with E-state index in [4.69, 9.17) is 9.72 Å². The summed E-state index contributed by atoms with van der Waals surface area (Å²) in [5.74, 6) is 1.25. The molecule has 0 spiro atoms. The fourth-order valence-electron chi connectivity index (χ4n) is 4.39. The normalized spacial score (nSPS) is 18.1. The summed E-state index contributed by atoms with van der Waals surface area (Å²) in [7, 11) is 0. The molecule has 3 aromatic rings. The highest BCUT2D eigenvalue weighted by Crippen LogP contribution is 2.36. The third-order valence-corrected chi connectivity index (χ3v) is 5.92. The highest BCUT2D eigenvalue weighted by atomic mass is 16.5. The molecule has 1 atom stereocenters. The van der Waals surface area contributed by atoms with Crippen molar-refractivity contribution in [2.75, 3.05) is 42.6 Å². The number of rotatable bonds is 4. The summed E-state index contributed by atoms with van der Waals surface area (Å²) in [6.45, 7) is 6.07. The van der Waals surface area contributed by atoms with E-state index in [1.807, 2.05) is 35.4 Å². The SMILES string of the molecule is CC(C)(C#N)NC(=O)CN1C[C@@H]2COCCN2c2nc(-c3cccc4[nH]ccc34)ncc21. The topological polar surface area (TPSA) is 110 Å². The van der Waals surface area contributed by atoms with Crippen molar-refractivity contribution in [2.24, 2.45) is 0 Å². The summed E-state index contributed by atoms with van der Waals surface area (Å²) < 4.78 is 5.71. The van der Waals surface area contributed by atoms with Gasteiger partial charge in [-0.2, -0.15) is 5.26 Å². The third kappa shape index (κ3) is 3.63. The smallest absolute Gasteiger partial charge is 0.240 e. The molecule has 1 amide bonds. The van der Waals surface area contributed by atoms with Crippen molar-refractivity contribution in [1.29, 1.82) is 5.26 Å². The lowest BCUT2D eigenvalue weighted by Gasteiger charge is -2.45. The van der Waals surface area contributed by atoms with Crippen LogP contribution < -0.4 is 15.1 Å². The molecule has 1 fully saturated rings. The van der Waals surface area contributed by atoms with E-state index in [1.54, 1.807) is 20.0 Å². The minimum atomic E-state index is -0.925. The van der Waals surface area contributed by atoms with Crippen LogP contribution in [0.3, 0.4) is 0 Å². The van der Waals surface area contributed by atoms with Crippen LogP contribution in [0.1, 0.15) is 13.8 Å². The molecule has 0 aliphatic carbocycles. The lowest BCUT2D eigenvalue weighted by atomic mass is 10.1. The molecule has 2 aliphatic rings. The summed E-state index contributed by atoms with van der Waals surface area (Å²) in [4.78, 5) is 29.8. The van der Waals surface area contributed by atoms with Gasteiger partial charge in [-0.25, -0.2) is 9.97 Å². The maximum absolute atomic E-state index is 12.7. The number of hydrogen-bond donors (Lipinski definition) is 2. The molecule has 2 aliphatic heterocycles. The van der Waals surface area contributed by atoms with Gasteiger partial charge in [0, 0.05) is 35.8 Å². The maximum atomic E-state index is 12.7. The number of morpholine rings is 1. The van der Waals surface area contributed by atoms with Gasteiger partial charge in [-0.3, -0.25) is 4.79 Å². The molecule has 9 nitrogen and oxygen atoms in total. The number of nitriles is 1. The van der Waals surface area contributed by atoms with Crippen molar-refractivity contribution in [3.8, 4) is 17.5 Å². The zero-order valence-electron chi connectivity index (χ0n) is 18.1. The quantitative estimate of drug-likeness (QED) is 0.651. The Bertz CT molecular complexity index is 1210. The van der Waals surface area contributed by atoms with Crippen molar-refractivity contribution >= 4 is 28.3 Å². The Hall–Kier alpha value is -3.64. The van der Waals surface area contributed by atoms with Crippen molar-refractivity contribution in [3.05, 3.63) is 36.7 Å². The molecule has 0 bridgehead atoms. The third-order valence-electron chi connectivity index (χ3n) is 5.92. The molecule has 5 rings (SSSR count). The molecule has 2 aromatic heterocycles. The molecular weight excluding hydrogens is 406 g/mol. The Morgan fingerprint density at radius 2 is 2.28 bits per heavy atom. The number of aromatic nitrogens is 3. The van der Waals surface area contributed by atoms with Crippen LogP contribution in [0.2, 0.25) is 0 Å². The number of ether oxygens (including phenoxy) is 1. The maximum Gasteiger partial charge on any atom is 0.240 e. The number of H-pyrrole nitrogens is 1. The van der Waals surface area contributed by atoms with Crippen LogP contribution in [0.5, 0.6) is 0 Å². The summed E-state index contributed by atoms with van der Waals surface area (Å²) >= 11 is 0. The minimum absolute atomic E-state index is 0.0961. The van der Waals surface area contributed by atoms with Gasteiger partial charge in [-0.05, 0) is 26.0 Å². The van der Waals surface area contributed by atoms with Crippen LogP contribution in [-0.4, -0.2) is 65.3 Å². The lowest BCUT2D eigenvalue weighted by Crippen LogP contribution is -2.57. The number of hydrogen-bond acceptors (Lipinski definition) is 7. The van der Waals surface area contributed by atoms with E-state index in [1.165, 1.54) is 0 Å². The Morgan fingerprint density at radius 1 is 1.41 bits per heavy atom. The molecule has 1 saturated heterocycles. The zero-order valence-corrected chi connectivity index (χ0v) is 18.1. The molecule has 9 heteroatoms. The largest absolute Gasteiger partial charge is 0.377 e.